The predicted octanol–water partition coefficient (Wildman–Crippen LogP) is 4.61. The van der Waals surface area contributed by atoms with Crippen LogP contribution in [0.4, 0.5) is 0 Å². The fourth-order valence-corrected chi connectivity index (χ4v) is 4.48. The highest BCUT2D eigenvalue weighted by Gasteiger charge is 2.19. The average molecular weight is 358 g/mol. The van der Waals surface area contributed by atoms with E-state index in [-0.39, 0.29) is 0 Å². The third-order valence-electron chi connectivity index (χ3n) is 5.92. The first-order chi connectivity index (χ1) is 13.4. The van der Waals surface area contributed by atoms with Gasteiger partial charge in [0.1, 0.15) is 5.82 Å². The normalized spacial score (nSPS) is 17.2. The first-order valence-electron chi connectivity index (χ1n) is 10.2. The van der Waals surface area contributed by atoms with Crippen molar-refractivity contribution in [3.05, 3.63) is 59.7 Å². The van der Waals surface area contributed by atoms with Gasteiger partial charge < -0.3 is 4.98 Å². The number of nitrogens with one attached hydrogen (secondary N) is 1. The molecule has 27 heavy (non-hydrogen) atoms. The van der Waals surface area contributed by atoms with E-state index in [0.29, 0.717) is 0 Å². The van der Waals surface area contributed by atoms with Crippen molar-refractivity contribution in [2.75, 3.05) is 13.1 Å². The van der Waals surface area contributed by atoms with Crippen LogP contribution in [0.1, 0.15) is 42.6 Å². The van der Waals surface area contributed by atoms with Crippen LogP contribution in [0.15, 0.2) is 42.7 Å². The number of hydrogen-bond donors (Lipinski definition) is 1. The number of rotatable bonds is 4. The zero-order valence-corrected chi connectivity index (χ0v) is 15.7. The summed E-state index contributed by atoms with van der Waals surface area (Å²) in [7, 11) is 0. The second-order valence-corrected chi connectivity index (χ2v) is 7.82. The Morgan fingerprint density at radius 3 is 2.52 bits per heavy atom. The Hall–Kier alpha value is -2.46. The second-order valence-electron chi connectivity index (χ2n) is 7.82. The minimum atomic E-state index is 0.906. The van der Waals surface area contributed by atoms with E-state index >= 15 is 0 Å². The van der Waals surface area contributed by atoms with Gasteiger partial charge in [0, 0.05) is 23.5 Å². The van der Waals surface area contributed by atoms with E-state index in [1.165, 1.54) is 68.3 Å². The van der Waals surface area contributed by atoms with Crippen molar-refractivity contribution < 1.29 is 0 Å². The Kier molecular flexibility index (Phi) is 4.50. The minimum Gasteiger partial charge on any atom is -0.340 e. The van der Waals surface area contributed by atoms with Crippen molar-refractivity contribution in [2.45, 2.75) is 45.1 Å². The quantitative estimate of drug-likeness (QED) is 0.740. The summed E-state index contributed by atoms with van der Waals surface area (Å²) in [5.41, 5.74) is 7.56. The molecule has 4 heteroatoms. The van der Waals surface area contributed by atoms with Crippen molar-refractivity contribution in [1.82, 2.24) is 19.9 Å². The Labute approximate surface area is 160 Å². The summed E-state index contributed by atoms with van der Waals surface area (Å²) in [6.45, 7) is 3.27. The molecule has 2 aromatic heterocycles. The summed E-state index contributed by atoms with van der Waals surface area (Å²) in [5.74, 6) is 1.07. The Bertz CT molecular complexity index is 923. The fourth-order valence-electron chi connectivity index (χ4n) is 4.48. The van der Waals surface area contributed by atoms with E-state index in [2.05, 4.69) is 45.2 Å². The monoisotopic (exact) mass is 358 g/mol. The molecule has 0 spiro atoms. The minimum absolute atomic E-state index is 0.906. The number of pyridine rings is 1. The molecule has 0 saturated carbocycles. The number of H-pyrrole nitrogens is 1. The molecule has 1 aromatic carbocycles. The smallest absolute Gasteiger partial charge is 0.121 e. The summed E-state index contributed by atoms with van der Waals surface area (Å²) in [6.07, 6.45) is 11.4. The molecule has 2 aliphatic rings. The van der Waals surface area contributed by atoms with Gasteiger partial charge in [-0.25, -0.2) is 4.98 Å². The van der Waals surface area contributed by atoms with Crippen molar-refractivity contribution in [3.8, 4) is 22.5 Å². The maximum absolute atomic E-state index is 5.06. The van der Waals surface area contributed by atoms with E-state index in [9.17, 15) is 0 Å². The number of fused-ring (bicyclic) bond motifs is 1. The molecule has 5 rings (SSSR count). The molecule has 1 saturated heterocycles. The van der Waals surface area contributed by atoms with Crippen molar-refractivity contribution in [2.24, 2.45) is 0 Å². The SMILES string of the molecule is c1cc(-c2[nH]c(CN3CCCCC3)nc2-c2ccc3c(c2)CCC3)ccn1. The van der Waals surface area contributed by atoms with Crippen LogP contribution in [0.5, 0.6) is 0 Å². The van der Waals surface area contributed by atoms with Crippen LogP contribution in [0.3, 0.4) is 0 Å². The van der Waals surface area contributed by atoms with Gasteiger partial charge in [0.05, 0.1) is 17.9 Å². The maximum Gasteiger partial charge on any atom is 0.121 e. The van der Waals surface area contributed by atoms with Crippen LogP contribution in [0.2, 0.25) is 0 Å². The molecule has 0 atom stereocenters. The van der Waals surface area contributed by atoms with Gasteiger partial charge in [-0.1, -0.05) is 18.6 Å². The highest BCUT2D eigenvalue weighted by atomic mass is 15.2. The number of likely N-dealkylation sites (tertiary alicyclic amines) is 1. The van der Waals surface area contributed by atoms with Crippen molar-refractivity contribution in [3.63, 3.8) is 0 Å². The van der Waals surface area contributed by atoms with E-state index in [1.54, 1.807) is 0 Å². The second kappa shape index (κ2) is 7.28. The lowest BCUT2D eigenvalue weighted by Crippen LogP contribution is -2.29. The third kappa shape index (κ3) is 3.42. The highest BCUT2D eigenvalue weighted by molar-refractivity contribution is 5.78. The van der Waals surface area contributed by atoms with Crippen LogP contribution >= 0.6 is 0 Å². The summed E-state index contributed by atoms with van der Waals surface area (Å²) in [5, 5.41) is 0. The topological polar surface area (TPSA) is 44.8 Å². The lowest BCUT2D eigenvalue weighted by Gasteiger charge is -2.25. The maximum atomic E-state index is 5.06. The van der Waals surface area contributed by atoms with Gasteiger partial charge in [0.25, 0.3) is 0 Å². The molecule has 0 amide bonds. The van der Waals surface area contributed by atoms with Crippen molar-refractivity contribution >= 4 is 0 Å². The standard InChI is InChI=1S/C23H26N4/c1-2-13-27(14-3-1)16-21-25-22(18-9-11-24-12-10-18)23(26-21)20-8-7-17-5-4-6-19(17)15-20/h7-12,15H,1-6,13-14,16H2,(H,25,26). The molecular weight excluding hydrogens is 332 g/mol. The highest BCUT2D eigenvalue weighted by Crippen LogP contribution is 2.33. The predicted molar refractivity (Wildman–Crippen MR) is 108 cm³/mol. The van der Waals surface area contributed by atoms with Crippen molar-refractivity contribution in [1.29, 1.82) is 0 Å². The molecule has 0 radical (unpaired) electrons. The number of hydrogen-bond acceptors (Lipinski definition) is 3. The van der Waals surface area contributed by atoms with Gasteiger partial charge in [0.15, 0.2) is 0 Å². The summed E-state index contributed by atoms with van der Waals surface area (Å²) in [4.78, 5) is 15.4. The van der Waals surface area contributed by atoms with Gasteiger partial charge in [-0.05, 0) is 74.5 Å². The average Bonchev–Trinajstić information content (AvgIpc) is 3.36. The summed E-state index contributed by atoms with van der Waals surface area (Å²) < 4.78 is 0. The molecular formula is C23H26N4. The van der Waals surface area contributed by atoms with Gasteiger partial charge in [0.2, 0.25) is 0 Å². The molecule has 0 unspecified atom stereocenters. The van der Waals surface area contributed by atoms with Crippen LogP contribution in [-0.2, 0) is 19.4 Å². The Morgan fingerprint density at radius 1 is 0.852 bits per heavy atom. The number of aromatic nitrogens is 3. The van der Waals surface area contributed by atoms with E-state index in [0.717, 1.165) is 29.3 Å². The molecule has 3 heterocycles. The number of imidazole rings is 1. The molecule has 1 aliphatic heterocycles. The van der Waals surface area contributed by atoms with Crippen LogP contribution in [0.25, 0.3) is 22.5 Å². The lowest BCUT2D eigenvalue weighted by atomic mass is 10.0. The first kappa shape index (κ1) is 16.7. The number of benzene rings is 1. The van der Waals surface area contributed by atoms with Gasteiger partial charge in [-0.15, -0.1) is 0 Å². The number of aromatic amines is 1. The zero-order chi connectivity index (χ0) is 18.1. The molecule has 0 bridgehead atoms. The number of nitrogens with zero attached hydrogens (tertiary/aromatic N) is 3. The largest absolute Gasteiger partial charge is 0.340 e. The van der Waals surface area contributed by atoms with Crippen LogP contribution in [-0.4, -0.2) is 32.9 Å². The van der Waals surface area contributed by atoms with Gasteiger partial charge >= 0.3 is 0 Å². The summed E-state index contributed by atoms with van der Waals surface area (Å²) in [6, 6.07) is 11.0. The fraction of sp³-hybridized carbons (Fsp3) is 0.391. The third-order valence-corrected chi connectivity index (χ3v) is 5.92. The number of piperidine rings is 1. The first-order valence-corrected chi connectivity index (χ1v) is 10.2. The molecule has 1 aliphatic carbocycles. The molecule has 4 nitrogen and oxygen atoms in total. The van der Waals surface area contributed by atoms with Gasteiger partial charge in [-0.3, -0.25) is 9.88 Å². The molecule has 138 valence electrons. The van der Waals surface area contributed by atoms with E-state index in [4.69, 9.17) is 4.98 Å². The van der Waals surface area contributed by atoms with E-state index < -0.39 is 0 Å². The van der Waals surface area contributed by atoms with Gasteiger partial charge in [-0.2, -0.15) is 0 Å². The number of aryl methyl sites for hydroxylation is 2. The molecule has 1 N–H and O–H groups in total. The zero-order valence-electron chi connectivity index (χ0n) is 15.7. The Balaban J connectivity index is 1.54. The van der Waals surface area contributed by atoms with Crippen LogP contribution < -0.4 is 0 Å². The Morgan fingerprint density at radius 2 is 1.67 bits per heavy atom. The van der Waals surface area contributed by atoms with Crippen LogP contribution in [0, 0.1) is 0 Å². The molecule has 1 fully saturated rings. The molecule has 3 aromatic rings. The lowest BCUT2D eigenvalue weighted by molar-refractivity contribution is 0.216. The van der Waals surface area contributed by atoms with E-state index in [1.807, 2.05) is 12.4 Å². The summed E-state index contributed by atoms with van der Waals surface area (Å²) >= 11 is 0.